The van der Waals surface area contributed by atoms with E-state index in [1.807, 2.05) is 24.3 Å². The molecule has 0 aromatic heterocycles. The van der Waals surface area contributed by atoms with Crippen LogP contribution in [0.4, 0.5) is 0 Å². The van der Waals surface area contributed by atoms with Crippen molar-refractivity contribution in [2.24, 2.45) is 0 Å². The van der Waals surface area contributed by atoms with E-state index in [2.05, 4.69) is 59.4 Å². The Bertz CT molecular complexity index is 665. The number of carbonyl (C=O) groups excluding carboxylic acids is 1. The van der Waals surface area contributed by atoms with Gasteiger partial charge < -0.3 is 10.1 Å². The first kappa shape index (κ1) is 19.5. The first-order valence-electron chi connectivity index (χ1n) is 8.74. The summed E-state index contributed by atoms with van der Waals surface area (Å²) >= 11 is 3.38. The molecule has 1 unspecified atom stereocenters. The van der Waals surface area contributed by atoms with Gasteiger partial charge in [-0.3, -0.25) is 4.79 Å². The average Bonchev–Trinajstić information content (AvgIpc) is 2.60. The van der Waals surface area contributed by atoms with E-state index in [1.54, 1.807) is 6.92 Å². The SMILES string of the molecule is CC(Oc1ccc(Br)cc1)C(=O)NCCCc1ccc(C(C)C)cc1. The van der Waals surface area contributed by atoms with E-state index < -0.39 is 6.10 Å². The Morgan fingerprint density at radius 1 is 1.04 bits per heavy atom. The highest BCUT2D eigenvalue weighted by Gasteiger charge is 2.13. The predicted octanol–water partition coefficient (Wildman–Crippen LogP) is 5.09. The van der Waals surface area contributed by atoms with E-state index in [9.17, 15) is 4.79 Å². The quantitative estimate of drug-likeness (QED) is 0.623. The van der Waals surface area contributed by atoms with Crippen molar-refractivity contribution in [3.05, 3.63) is 64.1 Å². The van der Waals surface area contributed by atoms with Gasteiger partial charge in [-0.05, 0) is 61.1 Å². The predicted molar refractivity (Wildman–Crippen MR) is 106 cm³/mol. The lowest BCUT2D eigenvalue weighted by Crippen LogP contribution is -2.36. The van der Waals surface area contributed by atoms with Crippen LogP contribution >= 0.6 is 15.9 Å². The van der Waals surface area contributed by atoms with E-state index in [-0.39, 0.29) is 5.91 Å². The maximum atomic E-state index is 12.1. The molecular weight excluding hydrogens is 378 g/mol. The van der Waals surface area contributed by atoms with Crippen LogP contribution in [-0.2, 0) is 11.2 Å². The Morgan fingerprint density at radius 3 is 2.28 bits per heavy atom. The van der Waals surface area contributed by atoms with Crippen molar-refractivity contribution in [3.8, 4) is 5.75 Å². The summed E-state index contributed by atoms with van der Waals surface area (Å²) in [6, 6.07) is 16.2. The third-order valence-corrected chi connectivity index (χ3v) is 4.61. The Kier molecular flexibility index (Phi) is 7.51. The van der Waals surface area contributed by atoms with Crippen molar-refractivity contribution in [3.63, 3.8) is 0 Å². The number of aryl methyl sites for hydroxylation is 1. The molecular formula is C21H26BrNO2. The van der Waals surface area contributed by atoms with Crippen LogP contribution < -0.4 is 10.1 Å². The van der Waals surface area contributed by atoms with E-state index in [0.29, 0.717) is 18.2 Å². The molecule has 134 valence electrons. The molecule has 2 aromatic carbocycles. The third-order valence-electron chi connectivity index (χ3n) is 4.08. The molecule has 3 nitrogen and oxygen atoms in total. The van der Waals surface area contributed by atoms with Gasteiger partial charge in [0.25, 0.3) is 5.91 Å². The maximum absolute atomic E-state index is 12.1. The fraction of sp³-hybridized carbons (Fsp3) is 0.381. The number of ether oxygens (including phenoxy) is 1. The number of rotatable bonds is 8. The number of nitrogens with one attached hydrogen (secondary N) is 1. The van der Waals surface area contributed by atoms with Crippen molar-refractivity contribution < 1.29 is 9.53 Å². The van der Waals surface area contributed by atoms with Gasteiger partial charge >= 0.3 is 0 Å². The Labute approximate surface area is 158 Å². The molecule has 0 aliphatic rings. The van der Waals surface area contributed by atoms with Gasteiger partial charge in [-0.1, -0.05) is 54.0 Å². The summed E-state index contributed by atoms with van der Waals surface area (Å²) in [4.78, 5) is 12.1. The summed E-state index contributed by atoms with van der Waals surface area (Å²) in [6.07, 6.45) is 1.37. The minimum atomic E-state index is -0.508. The normalized spacial score (nSPS) is 12.0. The molecule has 0 fully saturated rings. The Balaban J connectivity index is 1.69. The van der Waals surface area contributed by atoms with Gasteiger partial charge in [-0.25, -0.2) is 0 Å². The molecule has 1 atom stereocenters. The molecule has 1 N–H and O–H groups in total. The van der Waals surface area contributed by atoms with Crippen LogP contribution in [0.2, 0.25) is 0 Å². The van der Waals surface area contributed by atoms with Crippen molar-refractivity contribution in [1.82, 2.24) is 5.32 Å². The van der Waals surface area contributed by atoms with Crippen molar-refractivity contribution >= 4 is 21.8 Å². The zero-order chi connectivity index (χ0) is 18.2. The molecule has 0 radical (unpaired) electrons. The van der Waals surface area contributed by atoms with Crippen LogP contribution in [0.15, 0.2) is 53.0 Å². The highest BCUT2D eigenvalue weighted by molar-refractivity contribution is 9.10. The Morgan fingerprint density at radius 2 is 1.68 bits per heavy atom. The highest BCUT2D eigenvalue weighted by atomic mass is 79.9. The molecule has 2 aromatic rings. The largest absolute Gasteiger partial charge is 0.481 e. The number of hydrogen-bond donors (Lipinski definition) is 1. The first-order valence-corrected chi connectivity index (χ1v) is 9.54. The van der Waals surface area contributed by atoms with Gasteiger partial charge in [-0.15, -0.1) is 0 Å². The molecule has 1 amide bonds. The van der Waals surface area contributed by atoms with Crippen molar-refractivity contribution in [2.45, 2.75) is 45.6 Å². The van der Waals surface area contributed by atoms with E-state index in [1.165, 1.54) is 11.1 Å². The number of halogens is 1. The molecule has 0 saturated heterocycles. The second-order valence-electron chi connectivity index (χ2n) is 6.50. The molecule has 2 rings (SSSR count). The smallest absolute Gasteiger partial charge is 0.260 e. The topological polar surface area (TPSA) is 38.3 Å². The standard InChI is InChI=1S/C21H26BrNO2/c1-15(2)18-8-6-17(7-9-18)5-4-14-23-21(24)16(3)25-20-12-10-19(22)11-13-20/h6-13,15-16H,4-5,14H2,1-3H3,(H,23,24). The number of carbonyl (C=O) groups is 1. The molecule has 0 heterocycles. The van der Waals surface area contributed by atoms with Crippen LogP contribution in [0.25, 0.3) is 0 Å². The summed E-state index contributed by atoms with van der Waals surface area (Å²) in [5.74, 6) is 1.16. The summed E-state index contributed by atoms with van der Waals surface area (Å²) in [5.41, 5.74) is 2.66. The molecule has 0 aliphatic carbocycles. The van der Waals surface area contributed by atoms with Crippen LogP contribution in [0.3, 0.4) is 0 Å². The molecule has 0 saturated carbocycles. The van der Waals surface area contributed by atoms with Crippen molar-refractivity contribution in [2.75, 3.05) is 6.54 Å². The van der Waals surface area contributed by atoms with Crippen LogP contribution in [-0.4, -0.2) is 18.6 Å². The zero-order valence-electron chi connectivity index (χ0n) is 15.1. The number of amides is 1. The highest BCUT2D eigenvalue weighted by Crippen LogP contribution is 2.17. The fourth-order valence-corrected chi connectivity index (χ4v) is 2.75. The maximum Gasteiger partial charge on any atom is 0.260 e. The lowest BCUT2D eigenvalue weighted by atomic mass is 10.0. The van der Waals surface area contributed by atoms with Gasteiger partial charge in [0.05, 0.1) is 0 Å². The van der Waals surface area contributed by atoms with E-state index >= 15 is 0 Å². The molecule has 0 spiro atoms. The summed E-state index contributed by atoms with van der Waals surface area (Å²) in [6.45, 7) is 6.81. The summed E-state index contributed by atoms with van der Waals surface area (Å²) in [5, 5.41) is 2.94. The molecule has 25 heavy (non-hydrogen) atoms. The fourth-order valence-electron chi connectivity index (χ4n) is 2.49. The molecule has 4 heteroatoms. The Hall–Kier alpha value is -1.81. The second kappa shape index (κ2) is 9.62. The van der Waals surface area contributed by atoms with Gasteiger partial charge in [0.1, 0.15) is 5.75 Å². The van der Waals surface area contributed by atoms with Gasteiger partial charge in [-0.2, -0.15) is 0 Å². The zero-order valence-corrected chi connectivity index (χ0v) is 16.7. The van der Waals surface area contributed by atoms with Gasteiger partial charge in [0.2, 0.25) is 0 Å². The lowest BCUT2D eigenvalue weighted by molar-refractivity contribution is -0.127. The molecule has 0 aliphatic heterocycles. The first-order chi connectivity index (χ1) is 12.0. The summed E-state index contributed by atoms with van der Waals surface area (Å²) < 4.78 is 6.63. The van der Waals surface area contributed by atoms with Gasteiger partial charge in [0, 0.05) is 11.0 Å². The van der Waals surface area contributed by atoms with Gasteiger partial charge in [0.15, 0.2) is 6.10 Å². The monoisotopic (exact) mass is 403 g/mol. The average molecular weight is 404 g/mol. The van der Waals surface area contributed by atoms with Crippen LogP contribution in [0.1, 0.15) is 44.2 Å². The number of hydrogen-bond acceptors (Lipinski definition) is 2. The van der Waals surface area contributed by atoms with Crippen LogP contribution in [0, 0.1) is 0 Å². The second-order valence-corrected chi connectivity index (χ2v) is 7.42. The van der Waals surface area contributed by atoms with E-state index in [4.69, 9.17) is 4.74 Å². The minimum absolute atomic E-state index is 0.0851. The minimum Gasteiger partial charge on any atom is -0.481 e. The van der Waals surface area contributed by atoms with E-state index in [0.717, 1.165) is 17.3 Å². The molecule has 0 bridgehead atoms. The van der Waals surface area contributed by atoms with Crippen LogP contribution in [0.5, 0.6) is 5.75 Å². The number of benzene rings is 2. The lowest BCUT2D eigenvalue weighted by Gasteiger charge is -2.15. The van der Waals surface area contributed by atoms with Crippen molar-refractivity contribution in [1.29, 1.82) is 0 Å². The third kappa shape index (κ3) is 6.54. The summed E-state index contributed by atoms with van der Waals surface area (Å²) in [7, 11) is 0.